The lowest BCUT2D eigenvalue weighted by Crippen LogP contribution is -2.56. The van der Waals surface area contributed by atoms with Crippen LogP contribution in [-0.2, 0) is 16.1 Å². The Hall–Kier alpha value is -2.92. The Morgan fingerprint density at radius 1 is 1.21 bits per heavy atom. The van der Waals surface area contributed by atoms with E-state index in [-0.39, 0.29) is 35.6 Å². The normalized spacial score (nSPS) is 20.8. The van der Waals surface area contributed by atoms with Gasteiger partial charge in [-0.15, -0.1) is 0 Å². The number of carbonyl (C=O) groups is 2. The van der Waals surface area contributed by atoms with Crippen molar-refractivity contribution in [1.29, 1.82) is 5.26 Å². The fourth-order valence-corrected chi connectivity index (χ4v) is 5.49. The van der Waals surface area contributed by atoms with E-state index in [1.807, 2.05) is 9.47 Å². The Morgan fingerprint density at radius 2 is 1.97 bits per heavy atom. The molecule has 1 saturated carbocycles. The summed E-state index contributed by atoms with van der Waals surface area (Å²) in [7, 11) is 1.74. The number of rotatable bonds is 7. The molecule has 2 heterocycles. The third-order valence-corrected chi connectivity index (χ3v) is 7.54. The lowest BCUT2D eigenvalue weighted by molar-refractivity contribution is -0.139. The molecule has 2 aliphatic rings. The van der Waals surface area contributed by atoms with Gasteiger partial charge >= 0.3 is 0 Å². The zero-order valence-electron chi connectivity index (χ0n) is 20.0. The summed E-state index contributed by atoms with van der Waals surface area (Å²) in [5, 5.41) is 16.1. The van der Waals surface area contributed by atoms with Crippen LogP contribution in [0.1, 0.15) is 57.4 Å². The van der Waals surface area contributed by atoms with E-state index in [0.29, 0.717) is 24.0 Å². The third kappa shape index (κ3) is 4.95. The van der Waals surface area contributed by atoms with Crippen LogP contribution in [0.5, 0.6) is 0 Å². The number of likely N-dealkylation sites (N-methyl/N-ethyl adjacent to an activating group) is 1. The Balaban J connectivity index is 1.57. The van der Waals surface area contributed by atoms with E-state index < -0.39 is 6.04 Å². The van der Waals surface area contributed by atoms with Crippen molar-refractivity contribution in [3.63, 3.8) is 0 Å². The van der Waals surface area contributed by atoms with Gasteiger partial charge in [-0.1, -0.05) is 19.3 Å². The maximum atomic E-state index is 13.8. The number of nitriles is 1. The van der Waals surface area contributed by atoms with Crippen molar-refractivity contribution < 1.29 is 14.0 Å². The van der Waals surface area contributed by atoms with Crippen LogP contribution in [0.4, 0.5) is 4.39 Å². The van der Waals surface area contributed by atoms with Crippen molar-refractivity contribution in [1.82, 2.24) is 20.1 Å². The molecule has 182 valence electrons. The fourth-order valence-electron chi connectivity index (χ4n) is 5.49. The first kappa shape index (κ1) is 24.2. The number of hydrogen-bond donors (Lipinski definition) is 2. The topological polar surface area (TPSA) is 90.2 Å². The maximum Gasteiger partial charge on any atom is 0.245 e. The molecule has 3 unspecified atom stereocenters. The minimum atomic E-state index is -0.519. The van der Waals surface area contributed by atoms with E-state index >= 15 is 0 Å². The van der Waals surface area contributed by atoms with Crippen molar-refractivity contribution in [3.05, 3.63) is 35.8 Å². The van der Waals surface area contributed by atoms with Crippen LogP contribution in [0.3, 0.4) is 0 Å². The molecule has 0 radical (unpaired) electrons. The van der Waals surface area contributed by atoms with Crippen LogP contribution in [0.25, 0.3) is 10.9 Å². The summed E-state index contributed by atoms with van der Waals surface area (Å²) >= 11 is 0. The molecule has 7 nitrogen and oxygen atoms in total. The van der Waals surface area contributed by atoms with E-state index in [2.05, 4.69) is 16.7 Å². The SMILES string of the molecule is CNC(C)C(=O)NC(C(=O)N1CCCC1Cn1cc(C#N)c2cc(F)ccc21)C1CCCCC1. The molecule has 4 rings (SSSR count). The second kappa shape index (κ2) is 10.6. The van der Waals surface area contributed by atoms with Gasteiger partial charge in [0.15, 0.2) is 0 Å². The number of carbonyl (C=O) groups excluding carboxylic acids is 2. The first-order valence-electron chi connectivity index (χ1n) is 12.4. The van der Waals surface area contributed by atoms with E-state index in [9.17, 15) is 19.2 Å². The van der Waals surface area contributed by atoms with Crippen molar-refractivity contribution in [2.45, 2.75) is 76.5 Å². The standard InChI is InChI=1S/C26H34FN5O2/c1-17(29-2)25(33)30-24(18-7-4-3-5-8-18)26(34)32-12-6-9-21(32)16-31-15-19(14-28)22-13-20(27)10-11-23(22)31/h10-11,13,15,17-18,21,24,29H,3-9,12,16H2,1-2H3,(H,30,33). The first-order chi connectivity index (χ1) is 16.4. The highest BCUT2D eigenvalue weighted by atomic mass is 19.1. The highest BCUT2D eigenvalue weighted by Gasteiger charge is 2.38. The third-order valence-electron chi connectivity index (χ3n) is 7.54. The predicted octanol–water partition coefficient (Wildman–Crippen LogP) is 3.32. The van der Waals surface area contributed by atoms with Crippen LogP contribution in [0.15, 0.2) is 24.4 Å². The zero-order valence-corrected chi connectivity index (χ0v) is 20.0. The maximum absolute atomic E-state index is 13.8. The van der Waals surface area contributed by atoms with Crippen LogP contribution in [-0.4, -0.2) is 53.0 Å². The Morgan fingerprint density at radius 3 is 2.68 bits per heavy atom. The molecule has 34 heavy (non-hydrogen) atoms. The fraction of sp³-hybridized carbons (Fsp3) is 0.577. The molecule has 8 heteroatoms. The monoisotopic (exact) mass is 467 g/mol. The molecule has 1 aliphatic heterocycles. The number of fused-ring (bicyclic) bond motifs is 1. The average molecular weight is 468 g/mol. The summed E-state index contributed by atoms with van der Waals surface area (Å²) in [5.74, 6) is -0.384. The van der Waals surface area contributed by atoms with Crippen molar-refractivity contribution in [2.75, 3.05) is 13.6 Å². The van der Waals surface area contributed by atoms with Crippen molar-refractivity contribution >= 4 is 22.7 Å². The number of benzene rings is 1. The lowest BCUT2D eigenvalue weighted by atomic mass is 9.83. The minimum Gasteiger partial charge on any atom is -0.344 e. The number of hydrogen-bond acceptors (Lipinski definition) is 4. The summed E-state index contributed by atoms with van der Waals surface area (Å²) in [6, 6.07) is 5.70. The van der Waals surface area contributed by atoms with E-state index in [4.69, 9.17) is 0 Å². The highest BCUT2D eigenvalue weighted by molar-refractivity contribution is 5.90. The second-order valence-electron chi connectivity index (χ2n) is 9.69. The molecular weight excluding hydrogens is 433 g/mol. The van der Waals surface area contributed by atoms with Gasteiger partial charge < -0.3 is 20.1 Å². The Bertz CT molecular complexity index is 1080. The molecule has 3 atom stereocenters. The summed E-state index contributed by atoms with van der Waals surface area (Å²) in [6.45, 7) is 2.99. The number of halogens is 1. The summed E-state index contributed by atoms with van der Waals surface area (Å²) in [6.07, 6.45) is 8.73. The Kier molecular flexibility index (Phi) is 7.52. The van der Waals surface area contributed by atoms with Crippen LogP contribution in [0.2, 0.25) is 0 Å². The van der Waals surface area contributed by atoms with E-state index in [0.717, 1.165) is 44.0 Å². The number of aromatic nitrogens is 1. The molecule has 0 spiro atoms. The smallest absolute Gasteiger partial charge is 0.245 e. The van der Waals surface area contributed by atoms with Gasteiger partial charge in [-0.3, -0.25) is 9.59 Å². The molecule has 0 bridgehead atoms. The highest BCUT2D eigenvalue weighted by Crippen LogP contribution is 2.30. The van der Waals surface area contributed by atoms with Crippen LogP contribution in [0, 0.1) is 23.1 Å². The predicted molar refractivity (Wildman–Crippen MR) is 128 cm³/mol. The van der Waals surface area contributed by atoms with Gasteiger partial charge in [0.05, 0.1) is 11.6 Å². The second-order valence-corrected chi connectivity index (χ2v) is 9.69. The molecule has 1 aliphatic carbocycles. The zero-order chi connectivity index (χ0) is 24.2. The number of nitrogens with zero attached hydrogens (tertiary/aromatic N) is 3. The van der Waals surface area contributed by atoms with Gasteiger partial charge in [-0.25, -0.2) is 4.39 Å². The molecule has 1 aromatic carbocycles. The quantitative estimate of drug-likeness (QED) is 0.654. The molecule has 2 N–H and O–H groups in total. The molecule has 2 aromatic rings. The average Bonchev–Trinajstić information content (AvgIpc) is 3.46. The van der Waals surface area contributed by atoms with Gasteiger partial charge in [-0.05, 0) is 63.8 Å². The van der Waals surface area contributed by atoms with E-state index in [1.54, 1.807) is 26.2 Å². The molecule has 1 aromatic heterocycles. The summed E-state index contributed by atoms with van der Waals surface area (Å²) < 4.78 is 15.7. The van der Waals surface area contributed by atoms with Gasteiger partial charge in [-0.2, -0.15) is 5.26 Å². The minimum absolute atomic E-state index is 0.00549. The largest absolute Gasteiger partial charge is 0.344 e. The number of amides is 2. The van der Waals surface area contributed by atoms with Gasteiger partial charge in [0.2, 0.25) is 11.8 Å². The van der Waals surface area contributed by atoms with Crippen molar-refractivity contribution in [2.24, 2.45) is 5.92 Å². The first-order valence-corrected chi connectivity index (χ1v) is 12.4. The van der Waals surface area contributed by atoms with E-state index in [1.165, 1.54) is 18.6 Å². The van der Waals surface area contributed by atoms with Gasteiger partial charge in [0, 0.05) is 36.2 Å². The van der Waals surface area contributed by atoms with Crippen LogP contribution < -0.4 is 10.6 Å². The van der Waals surface area contributed by atoms with Gasteiger partial charge in [0.1, 0.15) is 17.9 Å². The molecule has 2 fully saturated rings. The molecular formula is C26H34FN5O2. The summed E-state index contributed by atoms with van der Waals surface area (Å²) in [5.41, 5.74) is 1.22. The number of likely N-dealkylation sites (tertiary alicyclic amines) is 1. The van der Waals surface area contributed by atoms with Crippen molar-refractivity contribution in [3.8, 4) is 6.07 Å². The van der Waals surface area contributed by atoms with Gasteiger partial charge in [0.25, 0.3) is 0 Å². The summed E-state index contributed by atoms with van der Waals surface area (Å²) in [4.78, 5) is 28.5. The Labute approximate surface area is 200 Å². The van der Waals surface area contributed by atoms with Crippen LogP contribution >= 0.6 is 0 Å². The lowest BCUT2D eigenvalue weighted by Gasteiger charge is -2.35. The molecule has 1 saturated heterocycles. The number of nitrogens with one attached hydrogen (secondary N) is 2. The molecule has 2 amide bonds.